The van der Waals surface area contributed by atoms with Gasteiger partial charge in [0.15, 0.2) is 0 Å². The topological polar surface area (TPSA) is 39.7 Å². The number of hydrogen-bond acceptors (Lipinski definition) is 4. The average molecular weight is 452 g/mol. The molecule has 4 heteroatoms. The van der Waals surface area contributed by atoms with E-state index in [9.17, 15) is 0 Å². The fourth-order valence-electron chi connectivity index (χ4n) is 4.15. The molecule has 0 saturated carbocycles. The number of hydrogen-bond donors (Lipinski definition) is 1. The van der Waals surface area contributed by atoms with Gasteiger partial charge in [0.05, 0.1) is 12.7 Å². The molecule has 1 aliphatic heterocycles. The van der Waals surface area contributed by atoms with Crippen LogP contribution in [0.15, 0.2) is 54.6 Å². The molecule has 2 aromatic carbocycles. The summed E-state index contributed by atoms with van der Waals surface area (Å²) in [7, 11) is 0. The van der Waals surface area contributed by atoms with E-state index in [4.69, 9.17) is 14.2 Å². The molecule has 2 unspecified atom stereocenters. The van der Waals surface area contributed by atoms with Gasteiger partial charge in [-0.2, -0.15) is 0 Å². The Labute approximate surface area is 200 Å². The van der Waals surface area contributed by atoms with Crippen molar-refractivity contribution in [3.8, 4) is 5.75 Å². The Morgan fingerprint density at radius 3 is 2.39 bits per heavy atom. The largest absolute Gasteiger partial charge is 0.485 e. The molecule has 0 amide bonds. The Bertz CT molecular complexity index is 938. The summed E-state index contributed by atoms with van der Waals surface area (Å²) in [4.78, 5) is 0. The Hall–Kier alpha value is -2.30. The van der Waals surface area contributed by atoms with E-state index in [-0.39, 0.29) is 23.7 Å². The van der Waals surface area contributed by atoms with Gasteiger partial charge in [-0.25, -0.2) is 0 Å². The number of allylic oxidation sites excluding steroid dienone is 1. The van der Waals surface area contributed by atoms with Crippen molar-refractivity contribution in [1.82, 2.24) is 0 Å². The zero-order valence-corrected chi connectivity index (χ0v) is 21.6. The minimum absolute atomic E-state index is 0.0718. The van der Waals surface area contributed by atoms with Crippen molar-refractivity contribution in [2.75, 3.05) is 11.9 Å². The summed E-state index contributed by atoms with van der Waals surface area (Å²) in [6, 6.07) is 15.1. The van der Waals surface area contributed by atoms with Gasteiger partial charge in [-0.3, -0.25) is 0 Å². The van der Waals surface area contributed by atoms with Crippen molar-refractivity contribution < 1.29 is 14.2 Å². The summed E-state index contributed by atoms with van der Waals surface area (Å²) in [6.45, 7) is 18.3. The van der Waals surface area contributed by atoms with E-state index in [1.54, 1.807) is 0 Å². The highest BCUT2D eigenvalue weighted by Gasteiger charge is 2.45. The molecule has 0 spiro atoms. The molecule has 0 radical (unpaired) electrons. The predicted octanol–water partition coefficient (Wildman–Crippen LogP) is 7.19. The van der Waals surface area contributed by atoms with E-state index in [0.717, 1.165) is 23.5 Å². The highest BCUT2D eigenvalue weighted by molar-refractivity contribution is 5.54. The highest BCUT2D eigenvalue weighted by atomic mass is 16.6. The molecule has 2 atom stereocenters. The van der Waals surface area contributed by atoms with Crippen LogP contribution in [0.2, 0.25) is 0 Å². The highest BCUT2D eigenvalue weighted by Crippen LogP contribution is 2.44. The monoisotopic (exact) mass is 451 g/mol. The summed E-state index contributed by atoms with van der Waals surface area (Å²) in [5, 5.41) is 3.57. The average Bonchev–Trinajstić information content (AvgIpc) is 2.73. The molecule has 1 heterocycles. The molecular formula is C29H41NO3. The van der Waals surface area contributed by atoms with E-state index in [1.165, 1.54) is 11.1 Å². The van der Waals surface area contributed by atoms with E-state index in [1.807, 2.05) is 25.1 Å². The Morgan fingerprint density at radius 2 is 1.79 bits per heavy atom. The molecule has 180 valence electrons. The van der Waals surface area contributed by atoms with Gasteiger partial charge in [-0.15, -0.1) is 0 Å². The maximum Gasteiger partial charge on any atom is 0.132 e. The molecule has 33 heavy (non-hydrogen) atoms. The Kier molecular flexibility index (Phi) is 7.92. The molecule has 0 saturated heterocycles. The molecule has 0 fully saturated rings. The molecule has 0 bridgehead atoms. The standard InChI is InChI=1S/C29H41NO3/c1-9-10-17-31-27-26(32-20(2)3)24-18-23(15-16-25(24)33-29(27,7)8)30-19-21-11-13-22(14-12-21)28(4,5)6/h9-16,18,20,26-27,30H,17,19H2,1-8H3/b10-9+. The van der Waals surface area contributed by atoms with Crippen LogP contribution in [-0.2, 0) is 21.4 Å². The van der Waals surface area contributed by atoms with Crippen LogP contribution < -0.4 is 10.1 Å². The van der Waals surface area contributed by atoms with Crippen LogP contribution in [0.5, 0.6) is 5.75 Å². The summed E-state index contributed by atoms with van der Waals surface area (Å²) in [6.07, 6.45) is 3.66. The summed E-state index contributed by atoms with van der Waals surface area (Å²) in [5.41, 5.74) is 4.33. The van der Waals surface area contributed by atoms with Gasteiger partial charge in [-0.1, -0.05) is 57.2 Å². The summed E-state index contributed by atoms with van der Waals surface area (Å²) >= 11 is 0. The maximum atomic E-state index is 6.40. The lowest BCUT2D eigenvalue weighted by Crippen LogP contribution is -2.51. The molecule has 4 nitrogen and oxygen atoms in total. The first-order valence-corrected chi connectivity index (χ1v) is 12.1. The van der Waals surface area contributed by atoms with Gasteiger partial charge in [0, 0.05) is 17.8 Å². The number of anilines is 1. The first-order chi connectivity index (χ1) is 15.5. The second-order valence-electron chi connectivity index (χ2n) is 10.7. The zero-order valence-electron chi connectivity index (χ0n) is 21.6. The van der Waals surface area contributed by atoms with Crippen LogP contribution in [-0.4, -0.2) is 24.4 Å². The van der Waals surface area contributed by atoms with Crippen molar-refractivity contribution in [2.24, 2.45) is 0 Å². The van der Waals surface area contributed by atoms with Crippen molar-refractivity contribution >= 4 is 5.69 Å². The maximum absolute atomic E-state index is 6.40. The number of rotatable bonds is 8. The van der Waals surface area contributed by atoms with E-state index >= 15 is 0 Å². The van der Waals surface area contributed by atoms with Gasteiger partial charge in [-0.05, 0) is 69.4 Å². The van der Waals surface area contributed by atoms with Crippen molar-refractivity contribution in [1.29, 1.82) is 0 Å². The minimum atomic E-state index is -0.502. The fourth-order valence-corrected chi connectivity index (χ4v) is 4.15. The third-order valence-corrected chi connectivity index (χ3v) is 5.99. The molecule has 0 aromatic heterocycles. The first-order valence-electron chi connectivity index (χ1n) is 12.1. The third kappa shape index (κ3) is 6.39. The van der Waals surface area contributed by atoms with Crippen LogP contribution in [0.1, 0.15) is 78.2 Å². The van der Waals surface area contributed by atoms with Gasteiger partial charge in [0.2, 0.25) is 0 Å². The lowest BCUT2D eigenvalue weighted by atomic mass is 9.87. The van der Waals surface area contributed by atoms with Crippen molar-refractivity contribution in [2.45, 2.75) is 91.3 Å². The summed E-state index contributed by atoms with van der Waals surface area (Å²) < 4.78 is 19.0. The van der Waals surface area contributed by atoms with Gasteiger partial charge in [0.25, 0.3) is 0 Å². The summed E-state index contributed by atoms with van der Waals surface area (Å²) in [5.74, 6) is 0.858. The molecule has 1 N–H and O–H groups in total. The predicted molar refractivity (Wildman–Crippen MR) is 137 cm³/mol. The number of fused-ring (bicyclic) bond motifs is 1. The third-order valence-electron chi connectivity index (χ3n) is 5.99. The molecule has 1 aliphatic rings. The normalized spacial score (nSPS) is 20.0. The van der Waals surface area contributed by atoms with Gasteiger partial charge in [0.1, 0.15) is 23.6 Å². The SMILES string of the molecule is C/C=C/COC1C(OC(C)C)c2cc(NCc3ccc(C(C)(C)C)cc3)ccc2OC1(C)C. The smallest absolute Gasteiger partial charge is 0.132 e. The van der Waals surface area contributed by atoms with Gasteiger partial charge < -0.3 is 19.5 Å². The molecule has 0 aliphatic carbocycles. The second-order valence-corrected chi connectivity index (χ2v) is 10.7. The van der Waals surface area contributed by atoms with Crippen molar-refractivity contribution in [3.63, 3.8) is 0 Å². The van der Waals surface area contributed by atoms with Crippen molar-refractivity contribution in [3.05, 3.63) is 71.3 Å². The van der Waals surface area contributed by atoms with Crippen LogP contribution >= 0.6 is 0 Å². The Balaban J connectivity index is 1.82. The molecular weight excluding hydrogens is 410 g/mol. The zero-order chi connectivity index (χ0) is 24.2. The Morgan fingerprint density at radius 1 is 1.09 bits per heavy atom. The lowest BCUT2D eigenvalue weighted by Gasteiger charge is -2.44. The lowest BCUT2D eigenvalue weighted by molar-refractivity contribution is -0.168. The van der Waals surface area contributed by atoms with E-state index < -0.39 is 5.60 Å². The second kappa shape index (κ2) is 10.3. The van der Waals surface area contributed by atoms with Crippen LogP contribution in [0.3, 0.4) is 0 Å². The quantitative estimate of drug-likeness (QED) is 0.431. The number of benzene rings is 2. The van der Waals surface area contributed by atoms with E-state index in [2.05, 4.69) is 90.2 Å². The number of nitrogens with one attached hydrogen (secondary N) is 1. The minimum Gasteiger partial charge on any atom is -0.485 e. The first kappa shape index (κ1) is 25.3. The van der Waals surface area contributed by atoms with Crippen LogP contribution in [0, 0.1) is 0 Å². The van der Waals surface area contributed by atoms with Gasteiger partial charge >= 0.3 is 0 Å². The number of ether oxygens (including phenoxy) is 3. The van der Waals surface area contributed by atoms with Crippen LogP contribution in [0.25, 0.3) is 0 Å². The van der Waals surface area contributed by atoms with Crippen LogP contribution in [0.4, 0.5) is 5.69 Å². The fraction of sp³-hybridized carbons (Fsp3) is 0.517. The van der Waals surface area contributed by atoms with E-state index in [0.29, 0.717) is 6.61 Å². The molecule has 3 rings (SSSR count). The molecule has 2 aromatic rings.